The molecule has 0 aliphatic rings. The Morgan fingerprint density at radius 3 is 1.81 bits per heavy atom. The fraction of sp³-hybridized carbons (Fsp3) is 0.857. The summed E-state index contributed by atoms with van der Waals surface area (Å²) in [5.41, 5.74) is 0. The zero-order chi connectivity index (χ0) is 13.0. The maximum absolute atomic E-state index is 11.9. The Bertz CT molecular complexity index is 219. The first-order valence-electron chi connectivity index (χ1n) is 3.84. The van der Waals surface area contributed by atoms with Gasteiger partial charge in [-0.2, -0.15) is 26.3 Å². The first-order valence-corrected chi connectivity index (χ1v) is 3.84. The molecule has 0 rings (SSSR count). The van der Waals surface area contributed by atoms with E-state index in [1.807, 2.05) is 0 Å². The largest absolute Gasteiger partial charge is 0.423 e. The molecular weight excluding hydrogens is 246 g/mol. The number of hydrogen-bond acceptors (Lipinski definition) is 3. The third-order valence-electron chi connectivity index (χ3n) is 1.31. The number of ether oxygens (including phenoxy) is 2. The summed E-state index contributed by atoms with van der Waals surface area (Å²) in [5.74, 6) is -1.01. The second kappa shape index (κ2) is 5.48. The first kappa shape index (κ1) is 15.2. The van der Waals surface area contributed by atoms with Gasteiger partial charge in [0.1, 0.15) is 13.2 Å². The first-order chi connectivity index (χ1) is 7.09. The summed E-state index contributed by atoms with van der Waals surface area (Å²) in [4.78, 5) is 10.6. The van der Waals surface area contributed by atoms with Crippen LogP contribution in [0.15, 0.2) is 0 Å². The van der Waals surface area contributed by atoms with Crippen molar-refractivity contribution in [2.45, 2.75) is 18.5 Å². The number of alkyl halides is 6. The molecule has 9 heteroatoms. The normalized spacial score (nSPS) is 13.2. The number of carbonyl (C=O) groups excluding carboxylic acids is 1. The predicted octanol–water partition coefficient (Wildman–Crippen LogP) is 1.71. The predicted molar refractivity (Wildman–Crippen MR) is 38.7 cm³/mol. The zero-order valence-corrected chi connectivity index (χ0v) is 7.98. The summed E-state index contributed by atoms with van der Waals surface area (Å²) in [6.45, 7) is -1.92. The molecule has 0 fully saturated rings. The van der Waals surface area contributed by atoms with E-state index in [1.165, 1.54) is 0 Å². The average molecular weight is 254 g/mol. The maximum atomic E-state index is 11.9. The zero-order valence-electron chi connectivity index (χ0n) is 7.98. The number of ketones is 1. The minimum atomic E-state index is -5.61. The van der Waals surface area contributed by atoms with Crippen LogP contribution in [0.25, 0.3) is 0 Å². The van der Waals surface area contributed by atoms with Gasteiger partial charge in [0.05, 0.1) is 0 Å². The molecule has 3 nitrogen and oxygen atoms in total. The summed E-state index contributed by atoms with van der Waals surface area (Å²) in [7, 11) is 1.07. The van der Waals surface area contributed by atoms with E-state index in [4.69, 9.17) is 0 Å². The van der Waals surface area contributed by atoms with Crippen LogP contribution in [0.2, 0.25) is 0 Å². The van der Waals surface area contributed by atoms with Gasteiger partial charge in [-0.1, -0.05) is 0 Å². The summed E-state index contributed by atoms with van der Waals surface area (Å²) in [6, 6.07) is 0. The molecule has 0 aliphatic carbocycles. The molecular formula is C7H8F6O3. The molecule has 16 heavy (non-hydrogen) atoms. The molecule has 0 aliphatic heterocycles. The van der Waals surface area contributed by atoms with E-state index in [9.17, 15) is 31.1 Å². The second-order valence-electron chi connectivity index (χ2n) is 2.75. The second-order valence-corrected chi connectivity index (χ2v) is 2.75. The Hall–Kier alpha value is -0.830. The van der Waals surface area contributed by atoms with E-state index in [-0.39, 0.29) is 0 Å². The van der Waals surface area contributed by atoms with Crippen LogP contribution in [0.3, 0.4) is 0 Å². The molecule has 0 spiro atoms. The van der Waals surface area contributed by atoms with Gasteiger partial charge < -0.3 is 9.47 Å². The number of Topliss-reactive ketones (excluding diaryl/α,β-unsaturated/α-hetero) is 1. The minimum absolute atomic E-state index is 0.609. The van der Waals surface area contributed by atoms with Crippen LogP contribution in [0, 0.1) is 0 Å². The van der Waals surface area contributed by atoms with Crippen molar-refractivity contribution in [1.82, 2.24) is 0 Å². The molecule has 0 N–H and O–H groups in total. The molecule has 0 unspecified atom stereocenters. The van der Waals surface area contributed by atoms with Gasteiger partial charge in [0.2, 0.25) is 6.10 Å². The van der Waals surface area contributed by atoms with Gasteiger partial charge in [-0.3, -0.25) is 4.79 Å². The Labute approximate surface area is 86.3 Å². The van der Waals surface area contributed by atoms with Crippen molar-refractivity contribution in [3.8, 4) is 0 Å². The fourth-order valence-corrected chi connectivity index (χ4v) is 0.753. The van der Waals surface area contributed by atoms with Crippen molar-refractivity contribution in [3.63, 3.8) is 0 Å². The molecule has 0 radical (unpaired) electrons. The average Bonchev–Trinajstić information content (AvgIpc) is 1.99. The smallest absolute Gasteiger partial charge is 0.377 e. The van der Waals surface area contributed by atoms with Crippen molar-refractivity contribution in [2.24, 2.45) is 0 Å². The lowest BCUT2D eigenvalue weighted by Crippen LogP contribution is -2.45. The molecule has 0 saturated heterocycles. The molecule has 0 bridgehead atoms. The number of carbonyl (C=O) groups is 1. The summed E-state index contributed by atoms with van der Waals surface area (Å²) in [5, 5.41) is 0. The van der Waals surface area contributed by atoms with Crippen molar-refractivity contribution in [3.05, 3.63) is 0 Å². The highest BCUT2D eigenvalue weighted by Crippen LogP contribution is 2.35. The Morgan fingerprint density at radius 1 is 1.06 bits per heavy atom. The molecule has 0 amide bonds. The topological polar surface area (TPSA) is 35.5 Å². The van der Waals surface area contributed by atoms with Gasteiger partial charge in [-0.05, 0) is 0 Å². The van der Waals surface area contributed by atoms with Crippen LogP contribution in [-0.2, 0) is 14.3 Å². The van der Waals surface area contributed by atoms with Crippen molar-refractivity contribution < 1.29 is 40.6 Å². The standard InChI is InChI=1S/C7H8F6O3/c1-15-2-4(14)3-16-5(6(8,9)10)7(11,12)13/h5H,2-3H2,1H3. The third-order valence-corrected chi connectivity index (χ3v) is 1.31. The molecule has 0 atom stereocenters. The molecule has 0 aromatic heterocycles. The van der Waals surface area contributed by atoms with E-state index in [1.54, 1.807) is 0 Å². The fourth-order valence-electron chi connectivity index (χ4n) is 0.753. The summed E-state index contributed by atoms with van der Waals surface area (Å²) < 4.78 is 78.9. The monoisotopic (exact) mass is 254 g/mol. The Morgan fingerprint density at radius 2 is 1.50 bits per heavy atom. The Balaban J connectivity index is 4.42. The summed E-state index contributed by atoms with van der Waals surface area (Å²) >= 11 is 0. The quantitative estimate of drug-likeness (QED) is 0.700. The lowest BCUT2D eigenvalue weighted by atomic mass is 10.3. The van der Waals surface area contributed by atoms with Gasteiger partial charge in [-0.15, -0.1) is 0 Å². The maximum Gasteiger partial charge on any atom is 0.423 e. The van der Waals surface area contributed by atoms with E-state index < -0.39 is 37.5 Å². The highest BCUT2D eigenvalue weighted by molar-refractivity contribution is 5.80. The number of methoxy groups -OCH3 is 1. The Kier molecular flexibility index (Phi) is 5.20. The van der Waals surface area contributed by atoms with Crippen LogP contribution in [0.5, 0.6) is 0 Å². The SMILES string of the molecule is COCC(=O)COC(C(F)(F)F)C(F)(F)F. The van der Waals surface area contributed by atoms with Crippen molar-refractivity contribution in [1.29, 1.82) is 0 Å². The lowest BCUT2D eigenvalue weighted by molar-refractivity contribution is -0.319. The van der Waals surface area contributed by atoms with Gasteiger partial charge in [0.25, 0.3) is 0 Å². The third kappa shape index (κ3) is 5.31. The van der Waals surface area contributed by atoms with Crippen LogP contribution in [0.4, 0.5) is 26.3 Å². The van der Waals surface area contributed by atoms with E-state index in [2.05, 4.69) is 9.47 Å². The van der Waals surface area contributed by atoms with Gasteiger partial charge >= 0.3 is 12.4 Å². The molecule has 0 aromatic rings. The van der Waals surface area contributed by atoms with Gasteiger partial charge in [0, 0.05) is 7.11 Å². The van der Waals surface area contributed by atoms with Crippen LogP contribution in [-0.4, -0.2) is 44.6 Å². The van der Waals surface area contributed by atoms with Crippen LogP contribution >= 0.6 is 0 Å². The van der Waals surface area contributed by atoms with E-state index in [0.717, 1.165) is 7.11 Å². The molecule has 0 saturated carbocycles. The molecule has 0 aromatic carbocycles. The highest BCUT2D eigenvalue weighted by atomic mass is 19.4. The molecule has 0 heterocycles. The van der Waals surface area contributed by atoms with E-state index >= 15 is 0 Å². The lowest BCUT2D eigenvalue weighted by Gasteiger charge is -2.22. The minimum Gasteiger partial charge on any atom is -0.377 e. The number of hydrogen-bond donors (Lipinski definition) is 0. The van der Waals surface area contributed by atoms with Crippen LogP contribution in [0.1, 0.15) is 0 Å². The van der Waals surface area contributed by atoms with Crippen LogP contribution < -0.4 is 0 Å². The molecule has 96 valence electrons. The highest BCUT2D eigenvalue weighted by Gasteiger charge is 2.58. The van der Waals surface area contributed by atoms with Crippen molar-refractivity contribution >= 4 is 5.78 Å². The number of rotatable bonds is 5. The van der Waals surface area contributed by atoms with Crippen molar-refractivity contribution in [2.75, 3.05) is 20.3 Å². The number of halogens is 6. The van der Waals surface area contributed by atoms with Gasteiger partial charge in [-0.25, -0.2) is 0 Å². The van der Waals surface area contributed by atoms with E-state index in [0.29, 0.717) is 0 Å². The summed E-state index contributed by atoms with van der Waals surface area (Å²) in [6.07, 6.45) is -15.2. The van der Waals surface area contributed by atoms with Gasteiger partial charge in [0.15, 0.2) is 5.78 Å².